The van der Waals surface area contributed by atoms with Crippen molar-refractivity contribution in [3.05, 3.63) is 0 Å². The first-order chi connectivity index (χ1) is 6.08. The molecular weight excluding hydrogens is 162 g/mol. The molecule has 0 aromatic rings. The van der Waals surface area contributed by atoms with E-state index in [4.69, 9.17) is 4.74 Å². The van der Waals surface area contributed by atoms with Gasteiger partial charge in [-0.1, -0.05) is 13.3 Å². The number of methoxy groups -OCH3 is 1. The Labute approximate surface area is 82.3 Å². The van der Waals surface area contributed by atoms with Crippen molar-refractivity contribution in [1.82, 2.24) is 4.90 Å². The highest BCUT2D eigenvalue weighted by molar-refractivity contribution is 4.89. The molecule has 1 rings (SSSR count). The minimum absolute atomic E-state index is 0.372. The molecule has 1 saturated carbocycles. The molecule has 0 N–H and O–H groups in total. The van der Waals surface area contributed by atoms with E-state index in [-0.39, 0.29) is 0 Å². The molecule has 0 amide bonds. The lowest BCUT2D eigenvalue weighted by atomic mass is 9.66. The smallest absolute Gasteiger partial charge is 0.0530 e. The summed E-state index contributed by atoms with van der Waals surface area (Å²) >= 11 is 0. The number of hydrogen-bond donors (Lipinski definition) is 0. The van der Waals surface area contributed by atoms with E-state index < -0.39 is 0 Å². The first kappa shape index (κ1) is 11.0. The maximum atomic E-state index is 5.34. The monoisotopic (exact) mass is 185 g/mol. The van der Waals surface area contributed by atoms with E-state index in [0.717, 1.165) is 19.1 Å². The van der Waals surface area contributed by atoms with Crippen LogP contribution in [0.25, 0.3) is 0 Å². The van der Waals surface area contributed by atoms with E-state index in [2.05, 4.69) is 25.9 Å². The van der Waals surface area contributed by atoms with E-state index in [9.17, 15) is 0 Å². The molecule has 0 saturated heterocycles. The maximum Gasteiger partial charge on any atom is 0.0530 e. The van der Waals surface area contributed by atoms with Gasteiger partial charge in [-0.25, -0.2) is 0 Å². The molecule has 0 aromatic carbocycles. The Kier molecular flexibility index (Phi) is 3.74. The highest BCUT2D eigenvalue weighted by atomic mass is 16.5. The second-order valence-corrected chi connectivity index (χ2v) is 4.95. The lowest BCUT2D eigenvalue weighted by molar-refractivity contribution is -0.00561. The fourth-order valence-corrected chi connectivity index (χ4v) is 2.45. The third-order valence-electron chi connectivity index (χ3n) is 3.24. The Morgan fingerprint density at radius 1 is 1.38 bits per heavy atom. The Hall–Kier alpha value is -0.0800. The van der Waals surface area contributed by atoms with Gasteiger partial charge in [0.2, 0.25) is 0 Å². The fraction of sp³-hybridized carbons (Fsp3) is 1.00. The minimum Gasteiger partial charge on any atom is -0.384 e. The highest BCUT2D eigenvalue weighted by Crippen LogP contribution is 2.42. The molecule has 0 spiro atoms. The summed E-state index contributed by atoms with van der Waals surface area (Å²) in [5.74, 6) is 0.884. The van der Waals surface area contributed by atoms with Crippen molar-refractivity contribution in [1.29, 1.82) is 0 Å². The Bertz CT molecular complexity index is 154. The van der Waals surface area contributed by atoms with Gasteiger partial charge in [-0.3, -0.25) is 0 Å². The van der Waals surface area contributed by atoms with Crippen LogP contribution in [0.5, 0.6) is 0 Å². The number of rotatable bonds is 5. The summed E-state index contributed by atoms with van der Waals surface area (Å²) in [4.78, 5) is 2.28. The van der Waals surface area contributed by atoms with Gasteiger partial charge in [0.25, 0.3) is 0 Å². The average Bonchev–Trinajstić information content (AvgIpc) is 1.78. The van der Waals surface area contributed by atoms with Crippen LogP contribution >= 0.6 is 0 Å². The van der Waals surface area contributed by atoms with E-state index in [0.29, 0.717) is 5.41 Å². The van der Waals surface area contributed by atoms with Crippen LogP contribution in [0, 0.1) is 11.3 Å². The Morgan fingerprint density at radius 2 is 2.00 bits per heavy atom. The molecule has 78 valence electrons. The first-order valence-electron chi connectivity index (χ1n) is 5.22. The van der Waals surface area contributed by atoms with Crippen molar-refractivity contribution in [2.75, 3.05) is 34.4 Å². The van der Waals surface area contributed by atoms with Crippen LogP contribution in [0.15, 0.2) is 0 Å². The largest absolute Gasteiger partial charge is 0.384 e. The second-order valence-electron chi connectivity index (χ2n) is 4.95. The van der Waals surface area contributed by atoms with Crippen molar-refractivity contribution in [3.8, 4) is 0 Å². The van der Waals surface area contributed by atoms with Crippen LogP contribution in [-0.2, 0) is 4.74 Å². The van der Waals surface area contributed by atoms with Crippen molar-refractivity contribution >= 4 is 0 Å². The molecule has 13 heavy (non-hydrogen) atoms. The SMILES string of the molecule is COCC(C)(CN(C)C)C1CCC1. The highest BCUT2D eigenvalue weighted by Gasteiger charge is 2.38. The third kappa shape index (κ3) is 2.68. The van der Waals surface area contributed by atoms with E-state index >= 15 is 0 Å². The number of ether oxygens (including phenoxy) is 1. The Balaban J connectivity index is 2.50. The molecular formula is C11H23NO. The van der Waals surface area contributed by atoms with Crippen LogP contribution < -0.4 is 0 Å². The predicted octanol–water partition coefficient (Wildman–Crippen LogP) is 2.00. The predicted molar refractivity (Wildman–Crippen MR) is 55.9 cm³/mol. The normalized spacial score (nSPS) is 22.8. The van der Waals surface area contributed by atoms with Gasteiger partial charge in [-0.2, -0.15) is 0 Å². The first-order valence-corrected chi connectivity index (χ1v) is 5.22. The van der Waals surface area contributed by atoms with Crippen LogP contribution in [0.2, 0.25) is 0 Å². The van der Waals surface area contributed by atoms with Gasteiger partial charge < -0.3 is 9.64 Å². The van der Waals surface area contributed by atoms with Crippen LogP contribution in [0.3, 0.4) is 0 Å². The molecule has 1 atom stereocenters. The minimum atomic E-state index is 0.372. The molecule has 0 aromatic heterocycles. The molecule has 2 nitrogen and oxygen atoms in total. The summed E-state index contributed by atoms with van der Waals surface area (Å²) in [6, 6.07) is 0. The molecule has 0 bridgehead atoms. The topological polar surface area (TPSA) is 12.5 Å². The van der Waals surface area contributed by atoms with Crippen LogP contribution in [-0.4, -0.2) is 39.3 Å². The molecule has 0 aliphatic heterocycles. The number of hydrogen-bond acceptors (Lipinski definition) is 2. The standard InChI is InChI=1S/C11H23NO/c1-11(9-13-4,8-12(2)3)10-6-5-7-10/h10H,5-9H2,1-4H3. The summed E-state index contributed by atoms with van der Waals surface area (Å²) < 4.78 is 5.34. The van der Waals surface area contributed by atoms with Crippen molar-refractivity contribution in [2.24, 2.45) is 11.3 Å². The summed E-state index contributed by atoms with van der Waals surface area (Å²) in [5.41, 5.74) is 0.372. The molecule has 0 radical (unpaired) electrons. The van der Waals surface area contributed by atoms with Gasteiger partial charge in [-0.15, -0.1) is 0 Å². The van der Waals surface area contributed by atoms with Gasteiger partial charge in [0.05, 0.1) is 6.61 Å². The zero-order chi connectivity index (χ0) is 9.90. The lowest BCUT2D eigenvalue weighted by Gasteiger charge is -2.44. The van der Waals surface area contributed by atoms with Gasteiger partial charge >= 0.3 is 0 Å². The van der Waals surface area contributed by atoms with Gasteiger partial charge in [0, 0.05) is 19.1 Å². The summed E-state index contributed by atoms with van der Waals surface area (Å²) in [6.45, 7) is 4.40. The molecule has 1 unspecified atom stereocenters. The van der Waals surface area contributed by atoms with Gasteiger partial charge in [0.15, 0.2) is 0 Å². The van der Waals surface area contributed by atoms with Crippen molar-refractivity contribution in [2.45, 2.75) is 26.2 Å². The van der Waals surface area contributed by atoms with Crippen LogP contribution in [0.4, 0.5) is 0 Å². The lowest BCUT2D eigenvalue weighted by Crippen LogP contribution is -2.43. The quantitative estimate of drug-likeness (QED) is 0.649. The molecule has 1 aliphatic carbocycles. The molecule has 1 fully saturated rings. The molecule has 2 heteroatoms. The summed E-state index contributed by atoms with van der Waals surface area (Å²) in [5, 5.41) is 0. The number of nitrogens with zero attached hydrogens (tertiary/aromatic N) is 1. The summed E-state index contributed by atoms with van der Waals surface area (Å²) in [6.07, 6.45) is 4.21. The van der Waals surface area contributed by atoms with Crippen molar-refractivity contribution in [3.63, 3.8) is 0 Å². The Morgan fingerprint density at radius 3 is 2.31 bits per heavy atom. The second kappa shape index (κ2) is 4.43. The molecule has 0 heterocycles. The van der Waals surface area contributed by atoms with E-state index in [1.165, 1.54) is 19.3 Å². The van der Waals surface area contributed by atoms with E-state index in [1.807, 2.05) is 7.11 Å². The fourth-order valence-electron chi connectivity index (χ4n) is 2.45. The third-order valence-corrected chi connectivity index (χ3v) is 3.24. The molecule has 1 aliphatic rings. The average molecular weight is 185 g/mol. The zero-order valence-corrected chi connectivity index (χ0v) is 9.47. The maximum absolute atomic E-state index is 5.34. The van der Waals surface area contributed by atoms with Crippen LogP contribution in [0.1, 0.15) is 26.2 Å². The van der Waals surface area contributed by atoms with Gasteiger partial charge in [-0.05, 0) is 32.9 Å². The van der Waals surface area contributed by atoms with Gasteiger partial charge in [0.1, 0.15) is 0 Å². The van der Waals surface area contributed by atoms with E-state index in [1.54, 1.807) is 0 Å². The van der Waals surface area contributed by atoms with Crippen molar-refractivity contribution < 1.29 is 4.74 Å². The summed E-state index contributed by atoms with van der Waals surface area (Å²) in [7, 11) is 6.10. The zero-order valence-electron chi connectivity index (χ0n) is 9.47.